The zero-order chi connectivity index (χ0) is 14.5. The summed E-state index contributed by atoms with van der Waals surface area (Å²) in [4.78, 5) is 18.2. The van der Waals surface area contributed by atoms with Gasteiger partial charge in [-0.2, -0.15) is 0 Å². The standard InChI is InChI=1S/C15H17N5O/c21-15(20-9-3-4-10-20)13-6-7-14(19-18-13)17-11-12-5-1-2-8-16-12/h1-2,5-8H,3-4,9-11H2,(H,17,19). The normalized spacial score (nSPS) is 14.2. The Morgan fingerprint density at radius 3 is 2.67 bits per heavy atom. The third-order valence-corrected chi connectivity index (χ3v) is 3.45. The predicted octanol–water partition coefficient (Wildman–Crippen LogP) is 1.72. The summed E-state index contributed by atoms with van der Waals surface area (Å²) in [6.07, 6.45) is 3.90. The molecule has 3 heterocycles. The van der Waals surface area contributed by atoms with Crippen molar-refractivity contribution < 1.29 is 4.79 Å². The third kappa shape index (κ3) is 3.34. The molecule has 0 unspecified atom stereocenters. The first-order valence-corrected chi connectivity index (χ1v) is 7.10. The van der Waals surface area contributed by atoms with Gasteiger partial charge in [-0.1, -0.05) is 6.07 Å². The minimum atomic E-state index is -0.0312. The van der Waals surface area contributed by atoms with E-state index in [4.69, 9.17) is 0 Å². The molecule has 108 valence electrons. The number of carbonyl (C=O) groups excluding carboxylic acids is 1. The maximum absolute atomic E-state index is 12.1. The van der Waals surface area contributed by atoms with Gasteiger partial charge in [0.2, 0.25) is 0 Å². The number of amides is 1. The van der Waals surface area contributed by atoms with E-state index in [0.29, 0.717) is 18.1 Å². The van der Waals surface area contributed by atoms with Gasteiger partial charge >= 0.3 is 0 Å². The lowest BCUT2D eigenvalue weighted by atomic mass is 10.3. The molecule has 1 N–H and O–H groups in total. The summed E-state index contributed by atoms with van der Waals surface area (Å²) in [5.74, 6) is 0.606. The lowest BCUT2D eigenvalue weighted by Crippen LogP contribution is -2.28. The number of rotatable bonds is 4. The number of pyridine rings is 1. The van der Waals surface area contributed by atoms with Gasteiger partial charge in [0.1, 0.15) is 5.82 Å². The van der Waals surface area contributed by atoms with Crippen molar-refractivity contribution in [2.45, 2.75) is 19.4 Å². The smallest absolute Gasteiger partial charge is 0.274 e. The van der Waals surface area contributed by atoms with Crippen molar-refractivity contribution in [2.75, 3.05) is 18.4 Å². The van der Waals surface area contributed by atoms with Crippen LogP contribution < -0.4 is 5.32 Å². The van der Waals surface area contributed by atoms with E-state index in [2.05, 4.69) is 20.5 Å². The Kier molecular flexibility index (Phi) is 4.04. The van der Waals surface area contributed by atoms with Crippen molar-refractivity contribution in [3.8, 4) is 0 Å². The van der Waals surface area contributed by atoms with E-state index in [1.165, 1.54) is 0 Å². The molecule has 1 fully saturated rings. The van der Waals surface area contributed by atoms with Crippen molar-refractivity contribution >= 4 is 11.7 Å². The molecule has 1 aliphatic rings. The molecule has 1 amide bonds. The summed E-state index contributed by atoms with van der Waals surface area (Å²) in [5.41, 5.74) is 1.33. The fourth-order valence-electron chi connectivity index (χ4n) is 2.31. The molecule has 0 atom stereocenters. The topological polar surface area (TPSA) is 71.0 Å². The van der Waals surface area contributed by atoms with Crippen LogP contribution in [-0.4, -0.2) is 39.1 Å². The Morgan fingerprint density at radius 2 is 2.00 bits per heavy atom. The molecular formula is C15H17N5O. The van der Waals surface area contributed by atoms with E-state index < -0.39 is 0 Å². The van der Waals surface area contributed by atoms with E-state index in [0.717, 1.165) is 31.6 Å². The van der Waals surface area contributed by atoms with Crippen molar-refractivity contribution in [3.05, 3.63) is 47.9 Å². The zero-order valence-corrected chi connectivity index (χ0v) is 11.7. The van der Waals surface area contributed by atoms with E-state index >= 15 is 0 Å². The predicted molar refractivity (Wildman–Crippen MR) is 78.7 cm³/mol. The van der Waals surface area contributed by atoms with Crippen LogP contribution in [0.4, 0.5) is 5.82 Å². The molecule has 0 spiro atoms. The van der Waals surface area contributed by atoms with Crippen LogP contribution in [0.2, 0.25) is 0 Å². The van der Waals surface area contributed by atoms with Gasteiger partial charge in [-0.3, -0.25) is 9.78 Å². The van der Waals surface area contributed by atoms with E-state index in [1.807, 2.05) is 23.1 Å². The molecule has 2 aromatic heterocycles. The van der Waals surface area contributed by atoms with Crippen LogP contribution in [0, 0.1) is 0 Å². The Bertz CT molecular complexity index is 593. The molecular weight excluding hydrogens is 266 g/mol. The van der Waals surface area contributed by atoms with Crippen LogP contribution >= 0.6 is 0 Å². The van der Waals surface area contributed by atoms with Crippen LogP contribution in [0.25, 0.3) is 0 Å². The third-order valence-electron chi connectivity index (χ3n) is 3.45. The largest absolute Gasteiger partial charge is 0.363 e. The fourth-order valence-corrected chi connectivity index (χ4v) is 2.31. The van der Waals surface area contributed by atoms with Crippen molar-refractivity contribution in [1.82, 2.24) is 20.1 Å². The highest BCUT2D eigenvalue weighted by molar-refractivity contribution is 5.92. The van der Waals surface area contributed by atoms with E-state index in [-0.39, 0.29) is 5.91 Å². The number of nitrogens with zero attached hydrogens (tertiary/aromatic N) is 4. The average Bonchev–Trinajstić information content (AvgIpc) is 3.08. The molecule has 3 rings (SSSR count). The summed E-state index contributed by atoms with van der Waals surface area (Å²) >= 11 is 0. The molecule has 0 aliphatic carbocycles. The molecule has 0 aromatic carbocycles. The van der Waals surface area contributed by atoms with Gasteiger partial charge in [0.05, 0.1) is 12.2 Å². The number of nitrogens with one attached hydrogen (secondary N) is 1. The van der Waals surface area contributed by atoms with Gasteiger partial charge in [0, 0.05) is 19.3 Å². The molecule has 6 nitrogen and oxygen atoms in total. The first-order valence-electron chi connectivity index (χ1n) is 7.10. The van der Waals surface area contributed by atoms with Gasteiger partial charge in [0.25, 0.3) is 5.91 Å². The summed E-state index contributed by atoms with van der Waals surface area (Å²) in [7, 11) is 0. The van der Waals surface area contributed by atoms with Gasteiger partial charge in [-0.15, -0.1) is 10.2 Å². The van der Waals surface area contributed by atoms with Crippen molar-refractivity contribution in [2.24, 2.45) is 0 Å². The molecule has 1 saturated heterocycles. The van der Waals surface area contributed by atoms with Crippen molar-refractivity contribution in [1.29, 1.82) is 0 Å². The highest BCUT2D eigenvalue weighted by Gasteiger charge is 2.20. The number of carbonyl (C=O) groups is 1. The minimum absolute atomic E-state index is 0.0312. The Balaban J connectivity index is 1.60. The first-order chi connectivity index (χ1) is 10.3. The van der Waals surface area contributed by atoms with E-state index in [1.54, 1.807) is 18.3 Å². The second-order valence-corrected chi connectivity index (χ2v) is 4.98. The Labute approximate surface area is 123 Å². The molecule has 0 radical (unpaired) electrons. The summed E-state index contributed by atoms with van der Waals surface area (Å²) < 4.78 is 0. The number of likely N-dealkylation sites (tertiary alicyclic amines) is 1. The minimum Gasteiger partial charge on any atom is -0.363 e. The van der Waals surface area contributed by atoms with Crippen LogP contribution in [0.3, 0.4) is 0 Å². The summed E-state index contributed by atoms with van der Waals surface area (Å²) in [6.45, 7) is 2.22. The molecule has 6 heteroatoms. The zero-order valence-electron chi connectivity index (χ0n) is 11.7. The van der Waals surface area contributed by atoms with Gasteiger partial charge < -0.3 is 10.2 Å². The lowest BCUT2D eigenvalue weighted by Gasteiger charge is -2.14. The molecule has 0 bridgehead atoms. The van der Waals surface area contributed by atoms with Crippen LogP contribution in [0.1, 0.15) is 29.0 Å². The highest BCUT2D eigenvalue weighted by Crippen LogP contribution is 2.12. The maximum atomic E-state index is 12.1. The van der Waals surface area contributed by atoms with Crippen LogP contribution in [-0.2, 0) is 6.54 Å². The maximum Gasteiger partial charge on any atom is 0.274 e. The quantitative estimate of drug-likeness (QED) is 0.925. The van der Waals surface area contributed by atoms with Gasteiger partial charge in [-0.25, -0.2) is 0 Å². The van der Waals surface area contributed by atoms with Crippen molar-refractivity contribution in [3.63, 3.8) is 0 Å². The van der Waals surface area contributed by atoms with E-state index in [9.17, 15) is 4.79 Å². The molecule has 2 aromatic rings. The second-order valence-electron chi connectivity index (χ2n) is 4.98. The van der Waals surface area contributed by atoms with Gasteiger partial charge in [-0.05, 0) is 37.1 Å². The second kappa shape index (κ2) is 6.30. The first kappa shape index (κ1) is 13.5. The number of aromatic nitrogens is 3. The van der Waals surface area contributed by atoms with Crippen LogP contribution in [0.15, 0.2) is 36.5 Å². The SMILES string of the molecule is O=C(c1ccc(NCc2ccccn2)nn1)N1CCCC1. The lowest BCUT2D eigenvalue weighted by molar-refractivity contribution is 0.0786. The van der Waals surface area contributed by atoms with Gasteiger partial charge in [0.15, 0.2) is 5.69 Å². The molecule has 21 heavy (non-hydrogen) atoms. The number of anilines is 1. The summed E-state index contributed by atoms with van der Waals surface area (Å²) in [6, 6.07) is 9.24. The van der Waals surface area contributed by atoms with Crippen LogP contribution in [0.5, 0.6) is 0 Å². The number of hydrogen-bond donors (Lipinski definition) is 1. The number of hydrogen-bond acceptors (Lipinski definition) is 5. The highest BCUT2D eigenvalue weighted by atomic mass is 16.2. The average molecular weight is 283 g/mol. The molecule has 1 aliphatic heterocycles. The monoisotopic (exact) mass is 283 g/mol. The molecule has 0 saturated carbocycles. The Morgan fingerprint density at radius 1 is 1.14 bits per heavy atom. The summed E-state index contributed by atoms with van der Waals surface area (Å²) in [5, 5.41) is 11.2. The fraction of sp³-hybridized carbons (Fsp3) is 0.333. The Hall–Kier alpha value is -2.50.